The van der Waals surface area contributed by atoms with Gasteiger partial charge in [-0.05, 0) is 17.9 Å². The number of benzene rings is 1. The quantitative estimate of drug-likeness (QED) is 0.0580. The first kappa shape index (κ1) is 51.1. The van der Waals surface area contributed by atoms with E-state index in [2.05, 4.69) is 5.32 Å². The number of aliphatic hydroxyl groups is 10. The van der Waals surface area contributed by atoms with Gasteiger partial charge in [0.2, 0.25) is 5.91 Å². The van der Waals surface area contributed by atoms with Crippen LogP contribution in [0.4, 0.5) is 0 Å². The maximum absolute atomic E-state index is 12.9. The molecule has 0 spiro atoms. The molecule has 1 amide bonds. The van der Waals surface area contributed by atoms with Crippen LogP contribution in [0.2, 0.25) is 0 Å². The van der Waals surface area contributed by atoms with E-state index in [-0.39, 0.29) is 32.5 Å². The van der Waals surface area contributed by atoms with E-state index < -0.39 is 167 Å². The number of ketones is 1. The number of hydrogen-bond donors (Lipinski definition) is 12. The van der Waals surface area contributed by atoms with Crippen LogP contribution in [0, 0.1) is 11.8 Å². The van der Waals surface area contributed by atoms with E-state index in [4.69, 9.17) is 33.2 Å². The summed E-state index contributed by atoms with van der Waals surface area (Å²) in [6.07, 6.45) is -26.0. The molecule has 4 heterocycles. The number of nitrogens with zero attached hydrogens (tertiary/aromatic N) is 1. The summed E-state index contributed by atoms with van der Waals surface area (Å²) < 4.78 is 40.4. The van der Waals surface area contributed by atoms with Crippen molar-refractivity contribution in [2.45, 2.75) is 131 Å². The molecular formula is C40H62N2O21. The minimum Gasteiger partial charge on any atom is -0.481 e. The smallest absolute Gasteiger partial charge is 0.307 e. The van der Waals surface area contributed by atoms with E-state index in [1.54, 1.807) is 44.2 Å². The Morgan fingerprint density at radius 2 is 1.37 bits per heavy atom. The van der Waals surface area contributed by atoms with Crippen LogP contribution in [0.25, 0.3) is 0 Å². The molecule has 23 heteroatoms. The van der Waals surface area contributed by atoms with Gasteiger partial charge in [0.05, 0.1) is 64.2 Å². The molecule has 17 unspecified atom stereocenters. The molecule has 358 valence electrons. The van der Waals surface area contributed by atoms with Crippen LogP contribution >= 0.6 is 0 Å². The number of carbonyl (C=O) groups excluding carboxylic acids is 2. The van der Waals surface area contributed by atoms with Gasteiger partial charge in [0.25, 0.3) is 0 Å². The van der Waals surface area contributed by atoms with Gasteiger partial charge in [0.1, 0.15) is 73.2 Å². The van der Waals surface area contributed by atoms with Crippen LogP contribution in [0.3, 0.4) is 0 Å². The fourth-order valence-electron chi connectivity index (χ4n) is 7.99. The number of ether oxygens (including phenoxy) is 7. The highest BCUT2D eigenvalue weighted by Crippen LogP contribution is 2.33. The molecule has 5 rings (SSSR count). The van der Waals surface area contributed by atoms with Crippen molar-refractivity contribution in [1.82, 2.24) is 10.2 Å². The summed E-state index contributed by atoms with van der Waals surface area (Å²) in [5, 5.41) is 118. The SMILES string of the molecule is CC(C)C1OC(COC2OC(CO)C(O)C(OC3CN(CC(=O)NCC(=O)C[C@@H](Cc4ccccc4)C(=O)O)CC(CO)O3)C2O)C(O)C(OC2OC(CO)C(O)C(O)C2O)C1O. The first-order valence-corrected chi connectivity index (χ1v) is 20.9. The molecular weight excluding hydrogens is 844 g/mol. The zero-order chi connectivity index (χ0) is 46.1. The Kier molecular flexibility index (Phi) is 19.1. The van der Waals surface area contributed by atoms with Crippen molar-refractivity contribution in [2.24, 2.45) is 11.8 Å². The Bertz CT molecular complexity index is 1600. The lowest BCUT2D eigenvalue weighted by molar-refractivity contribution is -0.354. The Balaban J connectivity index is 1.18. The Morgan fingerprint density at radius 3 is 2.00 bits per heavy atom. The van der Waals surface area contributed by atoms with E-state index in [0.29, 0.717) is 0 Å². The summed E-state index contributed by atoms with van der Waals surface area (Å²) in [6.45, 7) is -0.0376. The number of aliphatic hydroxyl groups excluding tert-OH is 10. The summed E-state index contributed by atoms with van der Waals surface area (Å²) in [5.74, 6) is -3.64. The molecule has 4 saturated heterocycles. The zero-order valence-electron chi connectivity index (χ0n) is 34.9. The molecule has 18 atom stereocenters. The lowest BCUT2D eigenvalue weighted by Crippen LogP contribution is -2.65. The Morgan fingerprint density at radius 1 is 0.730 bits per heavy atom. The maximum Gasteiger partial charge on any atom is 0.307 e. The van der Waals surface area contributed by atoms with Crippen LogP contribution in [0.1, 0.15) is 25.8 Å². The number of Topliss-reactive ketones (excluding diaryl/α,β-unsaturated/α-hetero) is 1. The molecule has 12 N–H and O–H groups in total. The topological polar surface area (TPSA) is 354 Å². The van der Waals surface area contributed by atoms with Crippen molar-refractivity contribution in [2.75, 3.05) is 52.6 Å². The number of rotatable bonds is 20. The number of carboxylic acids is 1. The zero-order valence-corrected chi connectivity index (χ0v) is 34.9. The fourth-order valence-corrected chi connectivity index (χ4v) is 7.99. The predicted molar refractivity (Wildman–Crippen MR) is 209 cm³/mol. The van der Waals surface area contributed by atoms with Crippen molar-refractivity contribution in [3.63, 3.8) is 0 Å². The normalized spacial score (nSPS) is 38.3. The van der Waals surface area contributed by atoms with Crippen LogP contribution in [0.5, 0.6) is 0 Å². The van der Waals surface area contributed by atoms with Gasteiger partial charge in [-0.1, -0.05) is 44.2 Å². The second-order valence-electron chi connectivity index (χ2n) is 16.6. The highest BCUT2D eigenvalue weighted by Gasteiger charge is 2.53. The number of morpholine rings is 1. The van der Waals surface area contributed by atoms with Gasteiger partial charge >= 0.3 is 5.97 Å². The predicted octanol–water partition coefficient (Wildman–Crippen LogP) is -5.80. The van der Waals surface area contributed by atoms with Gasteiger partial charge in [-0.2, -0.15) is 0 Å². The van der Waals surface area contributed by atoms with Crippen LogP contribution < -0.4 is 5.32 Å². The van der Waals surface area contributed by atoms with Gasteiger partial charge in [-0.25, -0.2) is 0 Å². The van der Waals surface area contributed by atoms with Crippen LogP contribution in [0.15, 0.2) is 30.3 Å². The van der Waals surface area contributed by atoms with E-state index in [0.717, 1.165) is 5.56 Å². The number of hydrogen-bond acceptors (Lipinski definition) is 21. The molecule has 4 aliphatic heterocycles. The number of aliphatic carboxylic acids is 1. The third kappa shape index (κ3) is 13.1. The summed E-state index contributed by atoms with van der Waals surface area (Å²) in [4.78, 5) is 39.0. The number of amides is 1. The minimum absolute atomic E-state index is 0.0383. The highest BCUT2D eigenvalue weighted by molar-refractivity contribution is 5.89. The molecule has 0 aromatic heterocycles. The Hall–Kier alpha value is -2.89. The van der Waals surface area contributed by atoms with Crippen molar-refractivity contribution in [3.05, 3.63) is 35.9 Å². The minimum atomic E-state index is -1.85. The third-order valence-electron chi connectivity index (χ3n) is 11.5. The monoisotopic (exact) mass is 906 g/mol. The van der Waals surface area contributed by atoms with Gasteiger partial charge < -0.3 is 94.6 Å². The molecule has 0 bridgehead atoms. The molecule has 23 nitrogen and oxygen atoms in total. The van der Waals surface area contributed by atoms with Crippen molar-refractivity contribution in [3.8, 4) is 0 Å². The number of carboxylic acid groups (broad SMARTS) is 1. The molecule has 4 fully saturated rings. The van der Waals surface area contributed by atoms with E-state index in [1.807, 2.05) is 0 Å². The van der Waals surface area contributed by atoms with E-state index >= 15 is 0 Å². The first-order chi connectivity index (χ1) is 29.9. The van der Waals surface area contributed by atoms with Crippen molar-refractivity contribution >= 4 is 17.7 Å². The van der Waals surface area contributed by atoms with Crippen LogP contribution in [-0.2, 0) is 54.0 Å². The third-order valence-corrected chi connectivity index (χ3v) is 11.5. The van der Waals surface area contributed by atoms with Crippen molar-refractivity contribution in [1.29, 1.82) is 0 Å². The summed E-state index contributed by atoms with van der Waals surface area (Å²) in [7, 11) is 0. The van der Waals surface area contributed by atoms with Gasteiger partial charge in [0, 0.05) is 13.0 Å². The molecule has 0 saturated carbocycles. The second-order valence-corrected chi connectivity index (χ2v) is 16.6. The van der Waals surface area contributed by atoms with Crippen molar-refractivity contribution < 1.29 is 104 Å². The second kappa shape index (κ2) is 23.5. The first-order valence-electron chi connectivity index (χ1n) is 20.9. The highest BCUT2D eigenvalue weighted by atomic mass is 16.7. The van der Waals surface area contributed by atoms with Gasteiger partial charge in [0.15, 0.2) is 24.7 Å². The standard InChI is InChI=1S/C40H62N2O21/c1-18(2)35-33(53)36(63-40-32(52)31(51)28(48)23(15-44)61-40)30(50)25(59-35)17-57-39-34(54)37(29(49)24(16-45)60-39)62-27-13-42(11-22(14-43)58-27)12-26(47)41-10-21(46)9-20(38(55)56)8-19-6-4-3-5-7-19/h3-7,18,20,22-25,27-37,39-40,43-45,48-54H,8-17H2,1-2H3,(H,41,47)(H,55,56)/t20-,22?,23?,24?,25?,27?,28?,29?,30?,31?,32?,33?,34?,35?,36?,37?,39?,40?/m1/s1. The lowest BCUT2D eigenvalue weighted by Gasteiger charge is -2.48. The average molecular weight is 907 g/mol. The molecule has 0 radical (unpaired) electrons. The van der Waals surface area contributed by atoms with E-state index in [1.165, 1.54) is 4.90 Å². The molecule has 63 heavy (non-hydrogen) atoms. The summed E-state index contributed by atoms with van der Waals surface area (Å²) in [6, 6.07) is 8.81. The summed E-state index contributed by atoms with van der Waals surface area (Å²) >= 11 is 0. The maximum atomic E-state index is 12.9. The lowest BCUT2D eigenvalue weighted by atomic mass is 9.89. The molecule has 1 aromatic rings. The Labute approximate surface area is 362 Å². The molecule has 4 aliphatic rings. The van der Waals surface area contributed by atoms with E-state index in [9.17, 15) is 70.6 Å². The largest absolute Gasteiger partial charge is 0.481 e. The van der Waals surface area contributed by atoms with Gasteiger partial charge in [-0.15, -0.1) is 0 Å². The fraction of sp³-hybridized carbons (Fsp3) is 0.775. The molecule has 1 aromatic carbocycles. The molecule has 0 aliphatic carbocycles. The van der Waals surface area contributed by atoms with Crippen LogP contribution in [-0.4, -0.2) is 236 Å². The summed E-state index contributed by atoms with van der Waals surface area (Å²) in [5.41, 5.74) is 0.745. The number of nitrogens with one attached hydrogen (secondary N) is 1. The average Bonchev–Trinajstić information content (AvgIpc) is 3.25. The number of carbonyl (C=O) groups is 3. The van der Waals surface area contributed by atoms with Gasteiger partial charge in [-0.3, -0.25) is 19.3 Å².